The van der Waals surface area contributed by atoms with E-state index in [4.69, 9.17) is 4.74 Å². The molecule has 0 aromatic heterocycles. The van der Waals surface area contributed by atoms with E-state index in [0.29, 0.717) is 5.41 Å². The molecule has 0 spiro atoms. The third-order valence-corrected chi connectivity index (χ3v) is 4.39. The number of benzene rings is 1. The van der Waals surface area contributed by atoms with E-state index in [2.05, 4.69) is 24.8 Å². The van der Waals surface area contributed by atoms with Gasteiger partial charge >= 0.3 is 0 Å². The van der Waals surface area contributed by atoms with Gasteiger partial charge in [-0.15, -0.1) is 0 Å². The Morgan fingerprint density at radius 1 is 1.30 bits per heavy atom. The summed E-state index contributed by atoms with van der Waals surface area (Å²) in [5.74, 6) is 0.916. The zero-order chi connectivity index (χ0) is 14.8. The van der Waals surface area contributed by atoms with Gasteiger partial charge in [-0.1, -0.05) is 19.9 Å². The summed E-state index contributed by atoms with van der Waals surface area (Å²) in [6, 6.07) is 5.97. The lowest BCUT2D eigenvalue weighted by Crippen LogP contribution is -2.36. The van der Waals surface area contributed by atoms with Gasteiger partial charge in [-0.25, -0.2) is 0 Å². The molecule has 0 radical (unpaired) electrons. The standard InChI is InChI=1S/C17H27NO2/c1-13(19)14-5-6-16(20-4)15(11-14)12-18-9-7-17(2,3)8-10-18/h5-6,11,13,19H,7-10,12H2,1-4H3. The topological polar surface area (TPSA) is 32.7 Å². The predicted molar refractivity (Wildman–Crippen MR) is 81.9 cm³/mol. The minimum absolute atomic E-state index is 0.431. The van der Waals surface area contributed by atoms with E-state index in [-0.39, 0.29) is 0 Å². The summed E-state index contributed by atoms with van der Waals surface area (Å²) < 4.78 is 5.45. The number of methoxy groups -OCH3 is 1. The van der Waals surface area contributed by atoms with Crippen LogP contribution in [-0.4, -0.2) is 30.2 Å². The van der Waals surface area contributed by atoms with Gasteiger partial charge in [0.1, 0.15) is 5.75 Å². The summed E-state index contributed by atoms with van der Waals surface area (Å²) in [6.07, 6.45) is 2.05. The summed E-state index contributed by atoms with van der Waals surface area (Å²) in [5, 5.41) is 9.73. The molecule has 0 bridgehead atoms. The van der Waals surface area contributed by atoms with Gasteiger partial charge in [0.25, 0.3) is 0 Å². The van der Waals surface area contributed by atoms with E-state index in [1.54, 1.807) is 14.0 Å². The van der Waals surface area contributed by atoms with Crippen molar-refractivity contribution in [2.24, 2.45) is 5.41 Å². The van der Waals surface area contributed by atoms with Crippen molar-refractivity contribution in [3.05, 3.63) is 29.3 Å². The Kier molecular flexibility index (Phi) is 4.71. The van der Waals surface area contributed by atoms with Crippen molar-refractivity contribution in [3.8, 4) is 5.75 Å². The van der Waals surface area contributed by atoms with Crippen molar-refractivity contribution in [2.45, 2.75) is 46.3 Å². The van der Waals surface area contributed by atoms with Crippen molar-refractivity contribution in [2.75, 3.05) is 20.2 Å². The van der Waals surface area contributed by atoms with E-state index >= 15 is 0 Å². The third kappa shape index (κ3) is 3.74. The van der Waals surface area contributed by atoms with E-state index in [9.17, 15) is 5.11 Å². The van der Waals surface area contributed by atoms with Gasteiger partial charge in [-0.3, -0.25) is 4.90 Å². The number of likely N-dealkylation sites (tertiary alicyclic amines) is 1. The molecule has 2 rings (SSSR count). The maximum atomic E-state index is 9.73. The molecule has 3 nitrogen and oxygen atoms in total. The molecular formula is C17H27NO2. The number of hydrogen-bond donors (Lipinski definition) is 1. The normalized spacial score (nSPS) is 20.6. The smallest absolute Gasteiger partial charge is 0.123 e. The van der Waals surface area contributed by atoms with Crippen molar-refractivity contribution < 1.29 is 9.84 Å². The molecule has 1 aliphatic heterocycles. The molecule has 20 heavy (non-hydrogen) atoms. The van der Waals surface area contributed by atoms with Gasteiger partial charge in [0.2, 0.25) is 0 Å². The second kappa shape index (κ2) is 6.15. The van der Waals surface area contributed by atoms with Crippen molar-refractivity contribution >= 4 is 0 Å². The molecule has 1 heterocycles. The van der Waals surface area contributed by atoms with Crippen LogP contribution in [0.1, 0.15) is 50.8 Å². The van der Waals surface area contributed by atoms with E-state index in [0.717, 1.165) is 30.9 Å². The molecule has 112 valence electrons. The fourth-order valence-electron chi connectivity index (χ4n) is 2.74. The maximum absolute atomic E-state index is 9.73. The molecule has 0 aliphatic carbocycles. The van der Waals surface area contributed by atoms with Crippen LogP contribution in [0.3, 0.4) is 0 Å². The Morgan fingerprint density at radius 3 is 2.50 bits per heavy atom. The second-order valence-electron chi connectivity index (χ2n) is 6.69. The molecular weight excluding hydrogens is 250 g/mol. The van der Waals surface area contributed by atoms with Gasteiger partial charge < -0.3 is 9.84 Å². The predicted octanol–water partition coefficient (Wildman–Crippen LogP) is 3.37. The third-order valence-electron chi connectivity index (χ3n) is 4.39. The van der Waals surface area contributed by atoms with Gasteiger partial charge in [0.05, 0.1) is 13.2 Å². The Labute approximate surface area is 122 Å². The molecule has 3 heteroatoms. The van der Waals surface area contributed by atoms with Gasteiger partial charge in [0, 0.05) is 12.1 Å². The molecule has 1 saturated heterocycles. The van der Waals surface area contributed by atoms with Crippen LogP contribution in [0.15, 0.2) is 18.2 Å². The van der Waals surface area contributed by atoms with Gasteiger partial charge in [-0.05, 0) is 56.0 Å². The fraction of sp³-hybridized carbons (Fsp3) is 0.647. The van der Waals surface area contributed by atoms with Crippen LogP contribution in [0.25, 0.3) is 0 Å². The SMILES string of the molecule is COc1ccc(C(C)O)cc1CN1CCC(C)(C)CC1. The lowest BCUT2D eigenvalue weighted by molar-refractivity contribution is 0.126. The first-order valence-corrected chi connectivity index (χ1v) is 7.48. The van der Waals surface area contributed by atoms with Crippen LogP contribution in [0.4, 0.5) is 0 Å². The number of aliphatic hydroxyl groups is 1. The molecule has 0 amide bonds. The summed E-state index contributed by atoms with van der Waals surface area (Å²) in [4.78, 5) is 2.48. The highest BCUT2D eigenvalue weighted by atomic mass is 16.5. The first-order chi connectivity index (χ1) is 9.41. The minimum Gasteiger partial charge on any atom is -0.496 e. The number of hydrogen-bond acceptors (Lipinski definition) is 3. The molecule has 1 aromatic carbocycles. The van der Waals surface area contributed by atoms with Crippen molar-refractivity contribution in [3.63, 3.8) is 0 Å². The Hall–Kier alpha value is -1.06. The number of aliphatic hydroxyl groups excluding tert-OH is 1. The maximum Gasteiger partial charge on any atom is 0.123 e. The zero-order valence-electron chi connectivity index (χ0n) is 13.1. The summed E-state index contributed by atoms with van der Waals surface area (Å²) >= 11 is 0. The van der Waals surface area contributed by atoms with Crippen LogP contribution >= 0.6 is 0 Å². The molecule has 1 aliphatic rings. The van der Waals surface area contributed by atoms with E-state index in [1.165, 1.54) is 18.4 Å². The second-order valence-corrected chi connectivity index (χ2v) is 6.69. The first-order valence-electron chi connectivity index (χ1n) is 7.48. The van der Waals surface area contributed by atoms with Crippen LogP contribution in [-0.2, 0) is 6.54 Å². The average Bonchev–Trinajstić information content (AvgIpc) is 2.41. The highest BCUT2D eigenvalue weighted by molar-refractivity contribution is 5.38. The molecule has 1 N–H and O–H groups in total. The van der Waals surface area contributed by atoms with Crippen LogP contribution in [0.5, 0.6) is 5.75 Å². The lowest BCUT2D eigenvalue weighted by Gasteiger charge is -2.37. The number of nitrogens with zero attached hydrogens (tertiary/aromatic N) is 1. The quantitative estimate of drug-likeness (QED) is 0.916. The average molecular weight is 277 g/mol. The summed E-state index contributed by atoms with van der Waals surface area (Å²) in [7, 11) is 1.71. The van der Waals surface area contributed by atoms with Crippen LogP contribution in [0, 0.1) is 5.41 Å². The molecule has 1 atom stereocenters. The Morgan fingerprint density at radius 2 is 1.95 bits per heavy atom. The van der Waals surface area contributed by atoms with Crippen molar-refractivity contribution in [1.29, 1.82) is 0 Å². The highest BCUT2D eigenvalue weighted by Crippen LogP contribution is 2.32. The molecule has 1 unspecified atom stereocenters. The van der Waals surface area contributed by atoms with Crippen LogP contribution in [0.2, 0.25) is 0 Å². The van der Waals surface area contributed by atoms with Crippen LogP contribution < -0.4 is 4.74 Å². The van der Waals surface area contributed by atoms with Crippen molar-refractivity contribution in [1.82, 2.24) is 4.90 Å². The first kappa shape index (κ1) is 15.3. The molecule has 1 aromatic rings. The highest BCUT2D eigenvalue weighted by Gasteiger charge is 2.25. The Balaban J connectivity index is 2.10. The van der Waals surface area contributed by atoms with Gasteiger partial charge in [0.15, 0.2) is 0 Å². The minimum atomic E-state index is -0.431. The molecule has 0 saturated carbocycles. The fourth-order valence-corrected chi connectivity index (χ4v) is 2.74. The van der Waals surface area contributed by atoms with Gasteiger partial charge in [-0.2, -0.15) is 0 Å². The summed E-state index contributed by atoms with van der Waals surface area (Å²) in [5.41, 5.74) is 2.60. The van der Waals surface area contributed by atoms with E-state index < -0.39 is 6.10 Å². The largest absolute Gasteiger partial charge is 0.496 e. The summed E-state index contributed by atoms with van der Waals surface area (Å²) in [6.45, 7) is 9.66. The lowest BCUT2D eigenvalue weighted by atomic mass is 9.82. The van der Waals surface area contributed by atoms with E-state index in [1.807, 2.05) is 12.1 Å². The number of ether oxygens (including phenoxy) is 1. The molecule has 1 fully saturated rings. The monoisotopic (exact) mass is 277 g/mol. The Bertz CT molecular complexity index is 444. The number of piperidine rings is 1. The zero-order valence-corrected chi connectivity index (χ0v) is 13.1. The number of rotatable bonds is 4.